The molecule has 3 aromatic rings. The number of carbonyl (C=O) groups excluding carboxylic acids is 1. The van der Waals surface area contributed by atoms with Gasteiger partial charge in [-0.3, -0.25) is 9.89 Å². The summed E-state index contributed by atoms with van der Waals surface area (Å²) < 4.78 is 5.36. The number of fused-ring (bicyclic) bond motifs is 1. The largest absolute Gasteiger partial charge is 0.378 e. The number of hydrogen-bond donors (Lipinski definition) is 2. The fraction of sp³-hybridized carbons (Fsp3) is 0.222. The van der Waals surface area contributed by atoms with Crippen molar-refractivity contribution in [1.29, 1.82) is 0 Å². The Morgan fingerprint density at radius 1 is 1.16 bits per heavy atom. The van der Waals surface area contributed by atoms with Crippen molar-refractivity contribution < 1.29 is 9.53 Å². The van der Waals surface area contributed by atoms with E-state index < -0.39 is 0 Å². The first-order valence-corrected chi connectivity index (χ1v) is 8.46. The highest BCUT2D eigenvalue weighted by molar-refractivity contribution is 6.31. The molecule has 128 valence electrons. The number of aromatic nitrogens is 2. The molecule has 1 aliphatic rings. The van der Waals surface area contributed by atoms with Crippen LogP contribution in [0, 0.1) is 0 Å². The second-order valence-electron chi connectivity index (χ2n) is 5.86. The molecule has 2 N–H and O–H groups in total. The molecule has 4 rings (SSSR count). The Kier molecular flexibility index (Phi) is 4.29. The number of aromatic amines is 1. The highest BCUT2D eigenvalue weighted by Gasteiger charge is 2.15. The summed E-state index contributed by atoms with van der Waals surface area (Å²) in [6, 6.07) is 13.1. The first kappa shape index (κ1) is 15.9. The number of nitrogens with one attached hydrogen (secondary N) is 2. The zero-order valence-electron chi connectivity index (χ0n) is 13.5. The van der Waals surface area contributed by atoms with E-state index in [2.05, 4.69) is 20.4 Å². The second kappa shape index (κ2) is 6.74. The van der Waals surface area contributed by atoms with E-state index in [4.69, 9.17) is 16.3 Å². The van der Waals surface area contributed by atoms with Gasteiger partial charge in [-0.15, -0.1) is 0 Å². The van der Waals surface area contributed by atoms with Crippen molar-refractivity contribution >= 4 is 39.8 Å². The molecule has 2 heterocycles. The molecule has 1 amide bonds. The molecule has 0 saturated carbocycles. The van der Waals surface area contributed by atoms with E-state index in [0.29, 0.717) is 16.1 Å². The summed E-state index contributed by atoms with van der Waals surface area (Å²) in [4.78, 5) is 14.8. The van der Waals surface area contributed by atoms with Gasteiger partial charge in [-0.1, -0.05) is 11.6 Å². The van der Waals surface area contributed by atoms with Gasteiger partial charge in [0.25, 0.3) is 5.91 Å². The average Bonchev–Trinajstić information content (AvgIpc) is 3.06. The van der Waals surface area contributed by atoms with Gasteiger partial charge in [0, 0.05) is 34.9 Å². The normalized spacial score (nSPS) is 14.7. The van der Waals surface area contributed by atoms with Crippen LogP contribution in [0.25, 0.3) is 10.9 Å². The van der Waals surface area contributed by atoms with Crippen molar-refractivity contribution in [3.05, 3.63) is 53.2 Å². The maximum atomic E-state index is 12.5. The smallest absolute Gasteiger partial charge is 0.276 e. The molecule has 1 fully saturated rings. The Balaban J connectivity index is 1.51. The van der Waals surface area contributed by atoms with Crippen molar-refractivity contribution in [2.75, 3.05) is 36.5 Å². The Labute approximate surface area is 149 Å². The SMILES string of the molecule is O=C(Nc1ccc(N2CCOCC2)cc1)c1n[nH]c2ccc(Cl)cc12. The Hall–Kier alpha value is -2.57. The van der Waals surface area contributed by atoms with Crippen LogP contribution in [0.4, 0.5) is 11.4 Å². The Morgan fingerprint density at radius 2 is 1.92 bits per heavy atom. The number of rotatable bonds is 3. The minimum absolute atomic E-state index is 0.271. The van der Waals surface area contributed by atoms with Crippen molar-refractivity contribution in [1.82, 2.24) is 10.2 Å². The summed E-state index contributed by atoms with van der Waals surface area (Å²) in [5.41, 5.74) is 2.95. The number of nitrogens with zero attached hydrogens (tertiary/aromatic N) is 2. The molecule has 2 aromatic carbocycles. The van der Waals surface area contributed by atoms with E-state index in [-0.39, 0.29) is 5.91 Å². The fourth-order valence-corrected chi connectivity index (χ4v) is 3.10. The first-order valence-electron chi connectivity index (χ1n) is 8.08. The summed E-state index contributed by atoms with van der Waals surface area (Å²) in [6.07, 6.45) is 0. The van der Waals surface area contributed by atoms with Crippen LogP contribution in [0.15, 0.2) is 42.5 Å². The van der Waals surface area contributed by atoms with E-state index in [1.807, 2.05) is 24.3 Å². The van der Waals surface area contributed by atoms with Gasteiger partial charge in [-0.2, -0.15) is 5.10 Å². The van der Waals surface area contributed by atoms with Crippen LogP contribution < -0.4 is 10.2 Å². The number of halogens is 1. The van der Waals surface area contributed by atoms with Crippen molar-refractivity contribution in [2.45, 2.75) is 0 Å². The molecule has 6 nitrogen and oxygen atoms in total. The summed E-state index contributed by atoms with van der Waals surface area (Å²) in [6.45, 7) is 3.25. The standard InChI is InChI=1S/C18H17ClN4O2/c19-12-1-6-16-15(11-12)17(22-21-16)18(24)20-13-2-4-14(5-3-13)23-7-9-25-10-8-23/h1-6,11H,7-10H2,(H,20,24)(H,21,22). The predicted octanol–water partition coefficient (Wildman–Crippen LogP) is 3.31. The number of amides is 1. The third-order valence-corrected chi connectivity index (χ3v) is 4.48. The zero-order chi connectivity index (χ0) is 17.2. The molecule has 7 heteroatoms. The molecule has 0 atom stereocenters. The third kappa shape index (κ3) is 3.31. The van der Waals surface area contributed by atoms with Gasteiger partial charge in [0.2, 0.25) is 0 Å². The number of carbonyl (C=O) groups is 1. The van der Waals surface area contributed by atoms with Crippen LogP contribution in [0.2, 0.25) is 5.02 Å². The van der Waals surface area contributed by atoms with Crippen molar-refractivity contribution in [2.24, 2.45) is 0 Å². The topological polar surface area (TPSA) is 70.2 Å². The Bertz CT molecular complexity index is 901. The molecule has 0 aliphatic carbocycles. The lowest BCUT2D eigenvalue weighted by atomic mass is 10.2. The number of benzene rings is 2. The van der Waals surface area contributed by atoms with E-state index in [1.54, 1.807) is 18.2 Å². The lowest BCUT2D eigenvalue weighted by Crippen LogP contribution is -2.36. The number of ether oxygens (including phenoxy) is 1. The maximum Gasteiger partial charge on any atom is 0.276 e. The van der Waals surface area contributed by atoms with Gasteiger partial charge < -0.3 is 15.0 Å². The minimum atomic E-state index is -0.271. The van der Waals surface area contributed by atoms with Crippen LogP contribution in [0.1, 0.15) is 10.5 Å². The number of hydrogen-bond acceptors (Lipinski definition) is 4. The Morgan fingerprint density at radius 3 is 2.68 bits per heavy atom. The minimum Gasteiger partial charge on any atom is -0.378 e. The van der Waals surface area contributed by atoms with Gasteiger partial charge in [-0.05, 0) is 42.5 Å². The molecule has 1 aliphatic heterocycles. The molecule has 0 spiro atoms. The summed E-state index contributed by atoms with van der Waals surface area (Å²) in [7, 11) is 0. The van der Waals surface area contributed by atoms with Crippen LogP contribution in [-0.2, 0) is 4.74 Å². The highest BCUT2D eigenvalue weighted by Crippen LogP contribution is 2.23. The molecule has 0 bridgehead atoms. The molecule has 25 heavy (non-hydrogen) atoms. The monoisotopic (exact) mass is 356 g/mol. The summed E-state index contributed by atoms with van der Waals surface area (Å²) in [5, 5.41) is 11.1. The van der Waals surface area contributed by atoms with E-state index in [9.17, 15) is 4.79 Å². The molecule has 1 saturated heterocycles. The van der Waals surface area contributed by atoms with E-state index in [0.717, 1.165) is 43.2 Å². The van der Waals surface area contributed by atoms with E-state index in [1.165, 1.54) is 0 Å². The lowest BCUT2D eigenvalue weighted by molar-refractivity contribution is 0.102. The fourth-order valence-electron chi connectivity index (χ4n) is 2.93. The van der Waals surface area contributed by atoms with Crippen molar-refractivity contribution in [3.8, 4) is 0 Å². The van der Waals surface area contributed by atoms with Gasteiger partial charge >= 0.3 is 0 Å². The average molecular weight is 357 g/mol. The highest BCUT2D eigenvalue weighted by atomic mass is 35.5. The molecule has 1 aromatic heterocycles. The van der Waals surface area contributed by atoms with Crippen LogP contribution >= 0.6 is 11.6 Å². The molecular formula is C18H17ClN4O2. The van der Waals surface area contributed by atoms with Gasteiger partial charge in [-0.25, -0.2) is 0 Å². The van der Waals surface area contributed by atoms with Gasteiger partial charge in [0.05, 0.1) is 18.7 Å². The van der Waals surface area contributed by atoms with E-state index >= 15 is 0 Å². The summed E-state index contributed by atoms with van der Waals surface area (Å²) in [5.74, 6) is -0.271. The van der Waals surface area contributed by atoms with Crippen LogP contribution in [0.5, 0.6) is 0 Å². The number of morpholine rings is 1. The van der Waals surface area contributed by atoms with Crippen LogP contribution in [0.3, 0.4) is 0 Å². The lowest BCUT2D eigenvalue weighted by Gasteiger charge is -2.28. The maximum absolute atomic E-state index is 12.5. The van der Waals surface area contributed by atoms with Gasteiger partial charge in [0.15, 0.2) is 5.69 Å². The number of anilines is 2. The second-order valence-corrected chi connectivity index (χ2v) is 6.30. The summed E-state index contributed by atoms with van der Waals surface area (Å²) >= 11 is 6.02. The van der Waals surface area contributed by atoms with Crippen molar-refractivity contribution in [3.63, 3.8) is 0 Å². The third-order valence-electron chi connectivity index (χ3n) is 4.24. The molecule has 0 unspecified atom stereocenters. The molecular weight excluding hydrogens is 340 g/mol. The zero-order valence-corrected chi connectivity index (χ0v) is 14.2. The predicted molar refractivity (Wildman–Crippen MR) is 98.5 cm³/mol. The first-order chi connectivity index (χ1) is 12.2. The van der Waals surface area contributed by atoms with Gasteiger partial charge in [0.1, 0.15) is 0 Å². The number of H-pyrrole nitrogens is 1. The molecule has 0 radical (unpaired) electrons. The van der Waals surface area contributed by atoms with Crippen LogP contribution in [-0.4, -0.2) is 42.4 Å². The quantitative estimate of drug-likeness (QED) is 0.755.